The molecule has 0 radical (unpaired) electrons. The van der Waals surface area contributed by atoms with Crippen LogP contribution >= 0.6 is 11.6 Å². The molecule has 0 aromatic heterocycles. The minimum atomic E-state index is -4.54. The van der Waals surface area contributed by atoms with E-state index in [1.165, 1.54) is 12.1 Å². The van der Waals surface area contributed by atoms with Gasteiger partial charge < -0.3 is 4.74 Å². The van der Waals surface area contributed by atoms with E-state index in [1.807, 2.05) is 6.92 Å². The Bertz CT molecular complexity index is 880. The van der Waals surface area contributed by atoms with Crippen LogP contribution < -0.4 is 4.74 Å². The van der Waals surface area contributed by atoms with Crippen molar-refractivity contribution in [1.29, 1.82) is 0 Å². The number of alkyl halides is 6. The summed E-state index contributed by atoms with van der Waals surface area (Å²) in [5.41, 5.74) is 0.532. The Labute approximate surface area is 176 Å². The quantitative estimate of drug-likeness (QED) is 0.417. The molecule has 3 rings (SSSR count). The van der Waals surface area contributed by atoms with Gasteiger partial charge in [-0.25, -0.2) is 0 Å². The molecule has 0 amide bonds. The van der Waals surface area contributed by atoms with Gasteiger partial charge in [-0.2, -0.15) is 26.3 Å². The highest BCUT2D eigenvalue weighted by atomic mass is 35.5. The fourth-order valence-corrected chi connectivity index (χ4v) is 4.39. The van der Waals surface area contributed by atoms with E-state index in [2.05, 4.69) is 0 Å². The van der Waals surface area contributed by atoms with Gasteiger partial charge in [-0.15, -0.1) is 0 Å². The van der Waals surface area contributed by atoms with Crippen molar-refractivity contribution in [2.24, 2.45) is 0 Å². The highest BCUT2D eigenvalue weighted by molar-refractivity contribution is 6.34. The second-order valence-corrected chi connectivity index (χ2v) is 8.03. The van der Waals surface area contributed by atoms with Gasteiger partial charge in [-0.05, 0) is 60.1 Å². The smallest absolute Gasteiger partial charge is 0.422 e. The zero-order chi connectivity index (χ0) is 22.2. The molecule has 2 aromatic rings. The molecule has 2 aromatic carbocycles. The molecule has 0 saturated heterocycles. The van der Waals surface area contributed by atoms with Crippen LogP contribution in [-0.2, 0) is 11.6 Å². The number of halogens is 7. The maximum Gasteiger partial charge on any atom is 0.422 e. The molecule has 1 nitrogen and oxygen atoms in total. The van der Waals surface area contributed by atoms with Crippen molar-refractivity contribution >= 4 is 11.6 Å². The Morgan fingerprint density at radius 1 is 0.967 bits per heavy atom. The second kappa shape index (κ2) is 8.33. The molecule has 0 spiro atoms. The number of hydrogen-bond donors (Lipinski definition) is 0. The van der Waals surface area contributed by atoms with Crippen molar-refractivity contribution in [2.45, 2.75) is 56.8 Å². The van der Waals surface area contributed by atoms with Gasteiger partial charge in [-0.1, -0.05) is 43.5 Å². The summed E-state index contributed by atoms with van der Waals surface area (Å²) in [5, 5.41) is -0.0491. The van der Waals surface area contributed by atoms with Crippen molar-refractivity contribution in [3.63, 3.8) is 0 Å². The zero-order valence-corrected chi connectivity index (χ0v) is 17.0. The molecule has 1 aliphatic carbocycles. The summed E-state index contributed by atoms with van der Waals surface area (Å²) < 4.78 is 81.8. The van der Waals surface area contributed by atoms with Crippen molar-refractivity contribution < 1.29 is 31.1 Å². The largest absolute Gasteiger partial charge is 0.483 e. The Morgan fingerprint density at radius 3 is 2.07 bits per heavy atom. The maximum absolute atomic E-state index is 12.9. The van der Waals surface area contributed by atoms with E-state index in [1.54, 1.807) is 12.1 Å². The van der Waals surface area contributed by atoms with Crippen molar-refractivity contribution in [1.82, 2.24) is 0 Å². The SMILES string of the molecule is CCC1(c2cc(OCC(F)(F)F)c(Cl)c(-c3ccc(C(F)(F)F)cc3)c2)CCCC1. The molecular formula is C22H21ClF6O. The van der Waals surface area contributed by atoms with Gasteiger partial charge in [0.2, 0.25) is 0 Å². The molecular weight excluding hydrogens is 430 g/mol. The molecule has 30 heavy (non-hydrogen) atoms. The number of hydrogen-bond acceptors (Lipinski definition) is 1. The normalized spacial score (nSPS) is 16.7. The monoisotopic (exact) mass is 450 g/mol. The lowest BCUT2D eigenvalue weighted by Gasteiger charge is -2.30. The van der Waals surface area contributed by atoms with E-state index in [-0.39, 0.29) is 16.2 Å². The van der Waals surface area contributed by atoms with Gasteiger partial charge in [0.25, 0.3) is 0 Å². The third-order valence-corrected chi connectivity index (χ3v) is 6.19. The van der Waals surface area contributed by atoms with Crippen LogP contribution in [-0.4, -0.2) is 12.8 Å². The van der Waals surface area contributed by atoms with Gasteiger partial charge >= 0.3 is 12.4 Å². The van der Waals surface area contributed by atoms with Crippen LogP contribution in [0.5, 0.6) is 5.75 Å². The first-order valence-electron chi connectivity index (χ1n) is 9.66. The third kappa shape index (κ3) is 4.88. The first-order valence-corrected chi connectivity index (χ1v) is 10.0. The summed E-state index contributed by atoms with van der Waals surface area (Å²) in [5.74, 6) is -0.110. The summed E-state index contributed by atoms with van der Waals surface area (Å²) >= 11 is 6.35. The van der Waals surface area contributed by atoms with E-state index in [4.69, 9.17) is 16.3 Å². The summed E-state index contributed by atoms with van der Waals surface area (Å²) in [4.78, 5) is 0. The molecule has 0 N–H and O–H groups in total. The lowest BCUT2D eigenvalue weighted by molar-refractivity contribution is -0.153. The van der Waals surface area contributed by atoms with E-state index in [0.717, 1.165) is 49.8 Å². The summed E-state index contributed by atoms with van der Waals surface area (Å²) in [7, 11) is 0. The zero-order valence-electron chi connectivity index (χ0n) is 16.3. The van der Waals surface area contributed by atoms with Crippen LogP contribution in [0.25, 0.3) is 11.1 Å². The molecule has 0 bridgehead atoms. The highest BCUT2D eigenvalue weighted by Gasteiger charge is 2.36. The second-order valence-electron chi connectivity index (χ2n) is 7.66. The number of rotatable bonds is 5. The molecule has 1 aliphatic rings. The van der Waals surface area contributed by atoms with Gasteiger partial charge in [0.05, 0.1) is 10.6 Å². The predicted octanol–water partition coefficient (Wildman–Crippen LogP) is 8.19. The summed E-state index contributed by atoms with van der Waals surface area (Å²) in [6, 6.07) is 7.74. The van der Waals surface area contributed by atoms with Crippen LogP contribution in [0.2, 0.25) is 5.02 Å². The van der Waals surface area contributed by atoms with Crippen LogP contribution in [0.4, 0.5) is 26.3 Å². The van der Waals surface area contributed by atoms with Gasteiger partial charge in [-0.3, -0.25) is 0 Å². The maximum atomic E-state index is 12.9. The fourth-order valence-electron chi connectivity index (χ4n) is 4.12. The Morgan fingerprint density at radius 2 is 1.57 bits per heavy atom. The van der Waals surface area contributed by atoms with Crippen molar-refractivity contribution in [3.8, 4) is 16.9 Å². The van der Waals surface area contributed by atoms with Gasteiger partial charge in [0.15, 0.2) is 6.61 Å². The predicted molar refractivity (Wildman–Crippen MR) is 104 cm³/mol. The van der Waals surface area contributed by atoms with Crippen molar-refractivity contribution in [2.75, 3.05) is 6.61 Å². The van der Waals surface area contributed by atoms with E-state index in [0.29, 0.717) is 11.1 Å². The van der Waals surface area contributed by atoms with Crippen LogP contribution in [0, 0.1) is 0 Å². The molecule has 0 atom stereocenters. The lowest BCUT2D eigenvalue weighted by Crippen LogP contribution is -2.22. The Balaban J connectivity index is 2.10. The minimum absolute atomic E-state index is 0.0491. The summed E-state index contributed by atoms with van der Waals surface area (Å²) in [6.45, 7) is 0.524. The summed E-state index contributed by atoms with van der Waals surface area (Å²) in [6.07, 6.45) is -4.45. The van der Waals surface area contributed by atoms with Crippen LogP contribution in [0.1, 0.15) is 50.2 Å². The van der Waals surface area contributed by atoms with Gasteiger partial charge in [0, 0.05) is 5.56 Å². The average molecular weight is 451 g/mol. The topological polar surface area (TPSA) is 9.23 Å². The fraction of sp³-hybridized carbons (Fsp3) is 0.455. The molecule has 0 aliphatic heterocycles. The average Bonchev–Trinajstić information content (AvgIpc) is 3.16. The Hall–Kier alpha value is -1.89. The third-order valence-electron chi connectivity index (χ3n) is 5.80. The van der Waals surface area contributed by atoms with E-state index < -0.39 is 24.5 Å². The molecule has 1 saturated carbocycles. The first-order chi connectivity index (χ1) is 14.0. The minimum Gasteiger partial charge on any atom is -0.483 e. The first kappa shape index (κ1) is 22.8. The Kier molecular flexibility index (Phi) is 6.33. The van der Waals surface area contributed by atoms with E-state index >= 15 is 0 Å². The van der Waals surface area contributed by atoms with Crippen LogP contribution in [0.15, 0.2) is 36.4 Å². The standard InChI is InChI=1S/C22H21ClF6O/c1-2-20(9-3-4-10-20)16-11-17(14-5-7-15(8-6-14)22(27,28)29)19(23)18(12-16)30-13-21(24,25)26/h5-8,11-12H,2-4,9-10,13H2,1H3. The van der Waals surface area contributed by atoms with Gasteiger partial charge in [0.1, 0.15) is 5.75 Å². The lowest BCUT2D eigenvalue weighted by atomic mass is 9.76. The molecule has 1 fully saturated rings. The molecule has 8 heteroatoms. The molecule has 0 unspecified atom stereocenters. The van der Waals surface area contributed by atoms with Crippen LogP contribution in [0.3, 0.4) is 0 Å². The molecule has 0 heterocycles. The number of ether oxygens (including phenoxy) is 1. The van der Waals surface area contributed by atoms with E-state index in [9.17, 15) is 26.3 Å². The highest BCUT2D eigenvalue weighted by Crippen LogP contribution is 2.48. The molecule has 164 valence electrons. The van der Waals surface area contributed by atoms with Crippen molar-refractivity contribution in [3.05, 3.63) is 52.5 Å². The number of benzene rings is 2.